The number of nitrogens with zero attached hydrogens (tertiary/aromatic N) is 1. The highest BCUT2D eigenvalue weighted by Gasteiger charge is 2.19. The van der Waals surface area contributed by atoms with Crippen LogP contribution in [0.2, 0.25) is 0 Å². The van der Waals surface area contributed by atoms with Crippen LogP contribution >= 0.6 is 11.3 Å². The van der Waals surface area contributed by atoms with Gasteiger partial charge in [-0.05, 0) is 87.8 Å². The van der Waals surface area contributed by atoms with Crippen molar-refractivity contribution in [3.63, 3.8) is 0 Å². The van der Waals surface area contributed by atoms with Gasteiger partial charge in [-0.3, -0.25) is 0 Å². The fourth-order valence-corrected chi connectivity index (χ4v) is 8.34. The van der Waals surface area contributed by atoms with Gasteiger partial charge in [0.2, 0.25) is 0 Å². The van der Waals surface area contributed by atoms with E-state index < -0.39 is 0 Å². The fraction of sp³-hybridized carbons (Fsp3) is 0. The summed E-state index contributed by atoms with van der Waals surface area (Å²) in [5, 5.41) is 11.2. The average molecular weight is 566 g/mol. The van der Waals surface area contributed by atoms with Crippen LogP contribution in [0.15, 0.2) is 144 Å². The molecule has 43 heavy (non-hydrogen) atoms. The third-order valence-electron chi connectivity index (χ3n) is 9.03. The van der Waals surface area contributed by atoms with Gasteiger partial charge in [0, 0.05) is 47.6 Å². The van der Waals surface area contributed by atoms with Crippen molar-refractivity contribution in [2.45, 2.75) is 0 Å². The Morgan fingerprint density at radius 2 is 1.28 bits per heavy atom. The molecule has 0 radical (unpaired) electrons. The van der Waals surface area contributed by atoms with E-state index in [0.29, 0.717) is 0 Å². The van der Waals surface area contributed by atoms with E-state index in [1.807, 2.05) is 11.3 Å². The normalized spacial score (nSPS) is 12.2. The summed E-state index contributed by atoms with van der Waals surface area (Å²) in [6.07, 6.45) is 1.79. The van der Waals surface area contributed by atoms with Crippen LogP contribution in [0.4, 0.5) is 0 Å². The van der Waals surface area contributed by atoms with Crippen LogP contribution in [-0.2, 0) is 0 Å². The number of hydrogen-bond acceptors (Lipinski definition) is 2. The minimum Gasteiger partial charge on any atom is -0.464 e. The van der Waals surface area contributed by atoms with E-state index in [1.54, 1.807) is 6.26 Å². The third kappa shape index (κ3) is 3.23. The molecule has 0 spiro atoms. The number of fused-ring (bicyclic) bond motifs is 10. The van der Waals surface area contributed by atoms with Crippen molar-refractivity contribution in [3.05, 3.63) is 140 Å². The summed E-state index contributed by atoms with van der Waals surface area (Å²) in [7, 11) is 0. The van der Waals surface area contributed by atoms with Crippen molar-refractivity contribution in [1.82, 2.24) is 4.57 Å². The molecule has 0 aliphatic heterocycles. The first-order valence-electron chi connectivity index (χ1n) is 14.6. The molecule has 3 heterocycles. The standard InChI is InChI=1S/C40H23NOS/c1-2-9-26(10-3-1)41-36-15-6-4-11-27(36)35-22-33-32(30-14-8-13-29-28-12-5-7-16-39(28)43-40(29)30)20-25-21-38-24(17-18-42-38)19-31(25)34(33)23-37(35)41/h1-23H. The van der Waals surface area contributed by atoms with Crippen LogP contribution in [0, 0.1) is 0 Å². The van der Waals surface area contributed by atoms with Gasteiger partial charge in [-0.15, -0.1) is 11.3 Å². The molecule has 0 aliphatic carbocycles. The lowest BCUT2D eigenvalue weighted by Gasteiger charge is -2.14. The maximum Gasteiger partial charge on any atom is 0.134 e. The molecule has 7 aromatic carbocycles. The fourth-order valence-electron chi connectivity index (χ4n) is 7.11. The molecule has 10 aromatic rings. The van der Waals surface area contributed by atoms with Crippen LogP contribution in [0.1, 0.15) is 0 Å². The molecule has 0 saturated carbocycles. The van der Waals surface area contributed by atoms with Gasteiger partial charge in [-0.1, -0.05) is 72.8 Å². The molecule has 0 bridgehead atoms. The Labute approximate surface area is 250 Å². The second-order valence-electron chi connectivity index (χ2n) is 11.3. The third-order valence-corrected chi connectivity index (χ3v) is 10.2. The Kier molecular flexibility index (Phi) is 4.63. The zero-order valence-corrected chi connectivity index (χ0v) is 23.9. The molecule has 0 atom stereocenters. The topological polar surface area (TPSA) is 18.1 Å². The molecule has 0 N–H and O–H groups in total. The highest BCUT2D eigenvalue weighted by molar-refractivity contribution is 7.26. The number of hydrogen-bond donors (Lipinski definition) is 0. The molecule has 10 rings (SSSR count). The lowest BCUT2D eigenvalue weighted by atomic mass is 9.91. The van der Waals surface area contributed by atoms with Crippen LogP contribution in [0.25, 0.3) is 91.3 Å². The maximum atomic E-state index is 5.88. The second-order valence-corrected chi connectivity index (χ2v) is 12.4. The van der Waals surface area contributed by atoms with Gasteiger partial charge in [0.25, 0.3) is 0 Å². The highest BCUT2D eigenvalue weighted by Crippen LogP contribution is 2.46. The summed E-state index contributed by atoms with van der Waals surface area (Å²) >= 11 is 1.89. The van der Waals surface area contributed by atoms with Gasteiger partial charge in [0.1, 0.15) is 5.58 Å². The monoisotopic (exact) mass is 565 g/mol. The van der Waals surface area contributed by atoms with Gasteiger partial charge in [-0.25, -0.2) is 0 Å². The summed E-state index contributed by atoms with van der Waals surface area (Å²) in [6.45, 7) is 0. The first-order valence-corrected chi connectivity index (χ1v) is 15.4. The van der Waals surface area contributed by atoms with Gasteiger partial charge >= 0.3 is 0 Å². The van der Waals surface area contributed by atoms with Crippen molar-refractivity contribution >= 4 is 85.8 Å². The second kappa shape index (κ2) is 8.57. The highest BCUT2D eigenvalue weighted by atomic mass is 32.1. The summed E-state index contributed by atoms with van der Waals surface area (Å²) < 4.78 is 10.9. The lowest BCUT2D eigenvalue weighted by Crippen LogP contribution is -1.93. The number of para-hydroxylation sites is 2. The summed E-state index contributed by atoms with van der Waals surface area (Å²) in [5.74, 6) is 0. The van der Waals surface area contributed by atoms with E-state index in [4.69, 9.17) is 4.42 Å². The minimum atomic E-state index is 0.914. The van der Waals surface area contributed by atoms with Crippen molar-refractivity contribution in [1.29, 1.82) is 0 Å². The number of thiophene rings is 1. The van der Waals surface area contributed by atoms with E-state index in [1.165, 1.54) is 80.3 Å². The zero-order chi connectivity index (χ0) is 28.1. The quantitative estimate of drug-likeness (QED) is 0.191. The van der Waals surface area contributed by atoms with Crippen LogP contribution in [0.3, 0.4) is 0 Å². The number of furan rings is 1. The summed E-state index contributed by atoms with van der Waals surface area (Å²) in [4.78, 5) is 0. The van der Waals surface area contributed by atoms with E-state index in [2.05, 4.69) is 138 Å². The number of benzene rings is 7. The van der Waals surface area contributed by atoms with E-state index >= 15 is 0 Å². The van der Waals surface area contributed by atoms with Crippen LogP contribution in [0.5, 0.6) is 0 Å². The average Bonchev–Trinajstić information content (AvgIpc) is 3.76. The predicted molar refractivity (Wildman–Crippen MR) is 184 cm³/mol. The number of aromatic nitrogens is 1. The Morgan fingerprint density at radius 1 is 0.465 bits per heavy atom. The molecule has 0 aliphatic rings. The smallest absolute Gasteiger partial charge is 0.134 e. The predicted octanol–water partition coefficient (Wildman–Crippen LogP) is 11.9. The summed E-state index contributed by atoms with van der Waals surface area (Å²) in [5.41, 5.74) is 7.04. The molecule has 3 aromatic heterocycles. The van der Waals surface area contributed by atoms with Crippen LogP contribution < -0.4 is 0 Å². The molecule has 0 saturated heterocycles. The van der Waals surface area contributed by atoms with E-state index in [9.17, 15) is 0 Å². The molecule has 2 nitrogen and oxygen atoms in total. The first-order chi connectivity index (χ1) is 21.3. The molecule has 0 fully saturated rings. The Bertz CT molecular complexity index is 2720. The Balaban J connectivity index is 1.42. The molecule has 0 unspecified atom stereocenters. The molecule has 0 amide bonds. The van der Waals surface area contributed by atoms with Gasteiger partial charge < -0.3 is 8.98 Å². The van der Waals surface area contributed by atoms with Gasteiger partial charge in [-0.2, -0.15) is 0 Å². The van der Waals surface area contributed by atoms with E-state index in [0.717, 1.165) is 11.0 Å². The SMILES string of the molecule is c1ccc(-n2c3ccccc3c3cc4c(-c5cccc6c5sc5ccccc56)cc5cc6occc6cc5c4cc32)cc1. The van der Waals surface area contributed by atoms with Crippen molar-refractivity contribution < 1.29 is 4.42 Å². The minimum absolute atomic E-state index is 0.914. The molecular weight excluding hydrogens is 543 g/mol. The Hall–Kier alpha value is -5.38. The van der Waals surface area contributed by atoms with Crippen molar-refractivity contribution in [3.8, 4) is 16.8 Å². The van der Waals surface area contributed by atoms with Crippen molar-refractivity contribution in [2.75, 3.05) is 0 Å². The molecule has 3 heteroatoms. The first kappa shape index (κ1) is 23.2. The Morgan fingerprint density at radius 3 is 2.21 bits per heavy atom. The molecular formula is C40H23NOS. The van der Waals surface area contributed by atoms with Crippen molar-refractivity contribution in [2.24, 2.45) is 0 Å². The largest absolute Gasteiger partial charge is 0.464 e. The van der Waals surface area contributed by atoms with Gasteiger partial charge in [0.05, 0.1) is 17.3 Å². The van der Waals surface area contributed by atoms with Crippen LogP contribution in [-0.4, -0.2) is 4.57 Å². The number of rotatable bonds is 2. The summed E-state index contributed by atoms with van der Waals surface area (Å²) in [6, 6.07) is 48.8. The maximum absolute atomic E-state index is 5.88. The lowest BCUT2D eigenvalue weighted by molar-refractivity contribution is 0.616. The zero-order valence-electron chi connectivity index (χ0n) is 23.0. The van der Waals surface area contributed by atoms with Gasteiger partial charge in [0.15, 0.2) is 0 Å². The molecule has 200 valence electrons. The van der Waals surface area contributed by atoms with E-state index in [-0.39, 0.29) is 0 Å².